The van der Waals surface area contributed by atoms with Crippen LogP contribution in [0.4, 0.5) is 0 Å². The second-order valence-corrected chi connectivity index (χ2v) is 7.24. The Labute approximate surface area is 126 Å². The van der Waals surface area contributed by atoms with E-state index in [4.69, 9.17) is 9.47 Å². The van der Waals surface area contributed by atoms with Crippen LogP contribution >= 0.6 is 0 Å². The summed E-state index contributed by atoms with van der Waals surface area (Å²) in [5.74, 6) is 0.784. The summed E-state index contributed by atoms with van der Waals surface area (Å²) in [6.07, 6.45) is 1.25. The lowest BCUT2D eigenvalue weighted by molar-refractivity contribution is 0.0570. The second-order valence-electron chi connectivity index (χ2n) is 5.26. The number of benzene rings is 1. The third kappa shape index (κ3) is 4.18. The molecule has 0 saturated carbocycles. The first-order chi connectivity index (χ1) is 10.1. The van der Waals surface area contributed by atoms with Gasteiger partial charge in [0.15, 0.2) is 0 Å². The van der Waals surface area contributed by atoms with Crippen molar-refractivity contribution in [2.75, 3.05) is 26.9 Å². The van der Waals surface area contributed by atoms with Crippen LogP contribution < -0.4 is 9.46 Å². The maximum atomic E-state index is 12.3. The fourth-order valence-electron chi connectivity index (χ4n) is 2.75. The molecular weight excluding hydrogens is 290 g/mol. The van der Waals surface area contributed by atoms with E-state index in [-0.39, 0.29) is 11.2 Å². The highest BCUT2D eigenvalue weighted by atomic mass is 32.2. The number of sulfonamides is 1. The van der Waals surface area contributed by atoms with E-state index in [0.29, 0.717) is 32.6 Å². The summed E-state index contributed by atoms with van der Waals surface area (Å²) in [7, 11) is -1.64. The molecule has 1 saturated heterocycles. The zero-order chi connectivity index (χ0) is 15.3. The van der Waals surface area contributed by atoms with Crippen molar-refractivity contribution >= 4 is 10.0 Å². The van der Waals surface area contributed by atoms with Gasteiger partial charge in [-0.2, -0.15) is 0 Å². The fraction of sp³-hybridized carbons (Fsp3) is 0.600. The molecule has 2 rings (SSSR count). The maximum Gasteiger partial charge on any atom is 0.214 e. The Balaban J connectivity index is 2.11. The number of hydrogen-bond donors (Lipinski definition) is 1. The molecule has 1 N–H and O–H groups in total. The standard InChI is InChI=1S/C15H23NO4S/c1-3-16-21(17,18)15-8-9-20-11-13(15)10-12-4-6-14(19-2)7-5-12/h4-7,13,15-16H,3,8-11H2,1-2H3/t13-,15+/m0/s1. The minimum absolute atomic E-state index is 0.0174. The van der Waals surface area contributed by atoms with Crippen LogP contribution in [0.25, 0.3) is 0 Å². The number of rotatable bonds is 6. The average Bonchev–Trinajstić information content (AvgIpc) is 2.48. The van der Waals surface area contributed by atoms with Crippen LogP contribution in [0.3, 0.4) is 0 Å². The average molecular weight is 313 g/mol. The molecule has 6 heteroatoms. The summed E-state index contributed by atoms with van der Waals surface area (Å²) in [6, 6.07) is 7.74. The summed E-state index contributed by atoms with van der Waals surface area (Å²) in [5, 5.41) is -0.381. The van der Waals surface area contributed by atoms with Crippen molar-refractivity contribution in [1.29, 1.82) is 0 Å². The highest BCUT2D eigenvalue weighted by molar-refractivity contribution is 7.90. The maximum absolute atomic E-state index is 12.3. The van der Waals surface area contributed by atoms with Gasteiger partial charge in [-0.25, -0.2) is 13.1 Å². The van der Waals surface area contributed by atoms with Crippen molar-refractivity contribution in [2.45, 2.75) is 25.0 Å². The number of nitrogens with one attached hydrogen (secondary N) is 1. The van der Waals surface area contributed by atoms with Crippen LogP contribution in [0.2, 0.25) is 0 Å². The van der Waals surface area contributed by atoms with Gasteiger partial charge < -0.3 is 9.47 Å². The van der Waals surface area contributed by atoms with Crippen LogP contribution in [0.15, 0.2) is 24.3 Å². The molecule has 1 aromatic carbocycles. The van der Waals surface area contributed by atoms with Crippen molar-refractivity contribution in [2.24, 2.45) is 5.92 Å². The Morgan fingerprint density at radius 3 is 2.67 bits per heavy atom. The first-order valence-electron chi connectivity index (χ1n) is 7.26. The normalized spacial score (nSPS) is 23.0. The number of hydrogen-bond acceptors (Lipinski definition) is 4. The minimum Gasteiger partial charge on any atom is -0.497 e. The molecule has 1 aliphatic heterocycles. The highest BCUT2D eigenvalue weighted by Gasteiger charge is 2.35. The molecule has 0 unspecified atom stereocenters. The molecule has 1 fully saturated rings. The molecule has 0 radical (unpaired) electrons. The molecule has 0 aromatic heterocycles. The van der Waals surface area contributed by atoms with Crippen LogP contribution in [0.5, 0.6) is 5.75 Å². The van der Waals surface area contributed by atoms with E-state index in [2.05, 4.69) is 4.72 Å². The quantitative estimate of drug-likeness (QED) is 0.866. The van der Waals surface area contributed by atoms with E-state index in [1.54, 1.807) is 14.0 Å². The summed E-state index contributed by atoms with van der Waals surface area (Å²) in [6.45, 7) is 3.22. The van der Waals surface area contributed by atoms with Crippen LogP contribution in [0.1, 0.15) is 18.9 Å². The fourth-order valence-corrected chi connectivity index (χ4v) is 4.45. The number of methoxy groups -OCH3 is 1. The van der Waals surface area contributed by atoms with E-state index in [9.17, 15) is 8.42 Å². The largest absolute Gasteiger partial charge is 0.497 e. The van der Waals surface area contributed by atoms with Gasteiger partial charge in [0.2, 0.25) is 10.0 Å². The van der Waals surface area contributed by atoms with Crippen molar-refractivity contribution in [3.05, 3.63) is 29.8 Å². The van der Waals surface area contributed by atoms with Crippen molar-refractivity contribution < 1.29 is 17.9 Å². The van der Waals surface area contributed by atoms with E-state index in [0.717, 1.165) is 11.3 Å². The molecule has 1 aromatic rings. The minimum atomic E-state index is -3.27. The topological polar surface area (TPSA) is 64.6 Å². The molecule has 118 valence electrons. The summed E-state index contributed by atoms with van der Waals surface area (Å²) in [4.78, 5) is 0. The molecule has 0 bridgehead atoms. The zero-order valence-corrected chi connectivity index (χ0v) is 13.4. The van der Waals surface area contributed by atoms with E-state index in [1.807, 2.05) is 24.3 Å². The molecule has 0 amide bonds. The molecule has 21 heavy (non-hydrogen) atoms. The molecule has 1 heterocycles. The van der Waals surface area contributed by atoms with Gasteiger partial charge in [0, 0.05) is 19.1 Å². The first kappa shape index (κ1) is 16.3. The Kier molecular flexibility index (Phi) is 5.61. The Morgan fingerprint density at radius 1 is 1.33 bits per heavy atom. The lowest BCUT2D eigenvalue weighted by atomic mass is 9.93. The van der Waals surface area contributed by atoms with Gasteiger partial charge in [-0.1, -0.05) is 19.1 Å². The zero-order valence-electron chi connectivity index (χ0n) is 12.5. The number of ether oxygens (including phenoxy) is 2. The van der Waals surface area contributed by atoms with Crippen molar-refractivity contribution in [3.8, 4) is 5.75 Å². The van der Waals surface area contributed by atoms with Crippen LogP contribution in [0, 0.1) is 5.92 Å². The van der Waals surface area contributed by atoms with E-state index < -0.39 is 10.0 Å². The van der Waals surface area contributed by atoms with Gasteiger partial charge in [-0.3, -0.25) is 0 Å². The van der Waals surface area contributed by atoms with Gasteiger partial charge in [0.05, 0.1) is 19.0 Å². The lowest BCUT2D eigenvalue weighted by Crippen LogP contribution is -2.44. The van der Waals surface area contributed by atoms with E-state index in [1.165, 1.54) is 0 Å². The van der Waals surface area contributed by atoms with Crippen molar-refractivity contribution in [1.82, 2.24) is 4.72 Å². The summed E-state index contributed by atoms with van der Waals surface area (Å²) in [5.41, 5.74) is 1.10. The van der Waals surface area contributed by atoms with Gasteiger partial charge in [0.1, 0.15) is 5.75 Å². The molecule has 2 atom stereocenters. The van der Waals surface area contributed by atoms with Crippen LogP contribution in [-0.2, 0) is 21.2 Å². The third-order valence-electron chi connectivity index (χ3n) is 3.81. The highest BCUT2D eigenvalue weighted by Crippen LogP contribution is 2.25. The smallest absolute Gasteiger partial charge is 0.214 e. The van der Waals surface area contributed by atoms with Gasteiger partial charge >= 0.3 is 0 Å². The predicted molar refractivity (Wildman–Crippen MR) is 82.0 cm³/mol. The Bertz CT molecular complexity index is 541. The van der Waals surface area contributed by atoms with E-state index >= 15 is 0 Å². The SMILES string of the molecule is CCNS(=O)(=O)[C@@H]1CCOC[C@@H]1Cc1ccc(OC)cc1. The van der Waals surface area contributed by atoms with Crippen LogP contribution in [-0.4, -0.2) is 40.5 Å². The molecule has 5 nitrogen and oxygen atoms in total. The predicted octanol–water partition coefficient (Wildman–Crippen LogP) is 1.58. The summed E-state index contributed by atoms with van der Waals surface area (Å²) >= 11 is 0. The monoisotopic (exact) mass is 313 g/mol. The molecule has 0 spiro atoms. The lowest BCUT2D eigenvalue weighted by Gasteiger charge is -2.31. The Morgan fingerprint density at radius 2 is 2.05 bits per heavy atom. The molecule has 0 aliphatic carbocycles. The molecular formula is C15H23NO4S. The molecule has 1 aliphatic rings. The first-order valence-corrected chi connectivity index (χ1v) is 8.80. The Hall–Kier alpha value is -1.11. The third-order valence-corrected chi connectivity index (χ3v) is 5.91. The summed E-state index contributed by atoms with van der Waals surface area (Å²) < 4.78 is 37.8. The van der Waals surface area contributed by atoms with Gasteiger partial charge in [-0.05, 0) is 30.5 Å². The van der Waals surface area contributed by atoms with Gasteiger partial charge in [-0.15, -0.1) is 0 Å². The van der Waals surface area contributed by atoms with Crippen molar-refractivity contribution in [3.63, 3.8) is 0 Å². The second kappa shape index (κ2) is 7.24. The van der Waals surface area contributed by atoms with Gasteiger partial charge in [0.25, 0.3) is 0 Å².